The zero-order valence-corrected chi connectivity index (χ0v) is 8.03. The standard InChI is InChI=1S/C10H7ClN2O/c11-6-10(14)7-1-2-8-9(5-7)13-4-3-12-8/h1-5H,6H2. The van der Waals surface area contributed by atoms with Gasteiger partial charge in [-0.1, -0.05) is 0 Å². The number of hydrogen-bond donors (Lipinski definition) is 0. The van der Waals surface area contributed by atoms with Gasteiger partial charge in [0.25, 0.3) is 0 Å². The number of carbonyl (C=O) groups is 1. The highest BCUT2D eigenvalue weighted by Gasteiger charge is 2.05. The summed E-state index contributed by atoms with van der Waals surface area (Å²) >= 11 is 5.45. The van der Waals surface area contributed by atoms with Gasteiger partial charge in [-0.25, -0.2) is 0 Å². The summed E-state index contributed by atoms with van der Waals surface area (Å²) in [7, 11) is 0. The lowest BCUT2D eigenvalue weighted by Crippen LogP contribution is -2.00. The van der Waals surface area contributed by atoms with Crippen LogP contribution in [-0.2, 0) is 0 Å². The monoisotopic (exact) mass is 206 g/mol. The largest absolute Gasteiger partial charge is 0.293 e. The van der Waals surface area contributed by atoms with Crippen molar-refractivity contribution in [3.05, 3.63) is 36.2 Å². The van der Waals surface area contributed by atoms with Crippen LogP contribution in [0.3, 0.4) is 0 Å². The van der Waals surface area contributed by atoms with Crippen molar-refractivity contribution in [2.24, 2.45) is 0 Å². The van der Waals surface area contributed by atoms with Gasteiger partial charge in [0.15, 0.2) is 5.78 Å². The SMILES string of the molecule is O=C(CCl)c1ccc2nccnc2c1. The normalized spacial score (nSPS) is 10.4. The topological polar surface area (TPSA) is 42.9 Å². The van der Waals surface area contributed by atoms with Crippen LogP contribution < -0.4 is 0 Å². The number of hydrogen-bond acceptors (Lipinski definition) is 3. The van der Waals surface area contributed by atoms with E-state index in [4.69, 9.17) is 11.6 Å². The van der Waals surface area contributed by atoms with Crippen LogP contribution in [0, 0.1) is 0 Å². The van der Waals surface area contributed by atoms with Crippen LogP contribution in [0.4, 0.5) is 0 Å². The van der Waals surface area contributed by atoms with E-state index >= 15 is 0 Å². The summed E-state index contributed by atoms with van der Waals surface area (Å²) in [6.07, 6.45) is 3.21. The van der Waals surface area contributed by atoms with Crippen molar-refractivity contribution in [3.63, 3.8) is 0 Å². The Bertz CT molecular complexity index is 484. The van der Waals surface area contributed by atoms with Gasteiger partial charge in [0.1, 0.15) is 0 Å². The molecule has 2 aromatic rings. The fourth-order valence-corrected chi connectivity index (χ4v) is 1.37. The second-order valence-corrected chi connectivity index (χ2v) is 3.08. The summed E-state index contributed by atoms with van der Waals surface area (Å²) in [4.78, 5) is 19.5. The van der Waals surface area contributed by atoms with Crippen LogP contribution in [0.2, 0.25) is 0 Å². The smallest absolute Gasteiger partial charge is 0.177 e. The van der Waals surface area contributed by atoms with Gasteiger partial charge in [0.2, 0.25) is 0 Å². The van der Waals surface area contributed by atoms with Gasteiger partial charge in [0, 0.05) is 18.0 Å². The number of aromatic nitrogens is 2. The molecule has 14 heavy (non-hydrogen) atoms. The number of halogens is 1. The average Bonchev–Trinajstić information content (AvgIpc) is 2.27. The van der Waals surface area contributed by atoms with Crippen molar-refractivity contribution >= 4 is 28.4 Å². The summed E-state index contributed by atoms with van der Waals surface area (Å²) in [5.41, 5.74) is 2.06. The quantitative estimate of drug-likeness (QED) is 0.558. The predicted molar refractivity (Wildman–Crippen MR) is 54.6 cm³/mol. The molecule has 1 aromatic heterocycles. The van der Waals surface area contributed by atoms with Crippen LogP contribution in [0.5, 0.6) is 0 Å². The lowest BCUT2D eigenvalue weighted by atomic mass is 10.1. The Kier molecular flexibility index (Phi) is 2.41. The molecule has 1 aromatic carbocycles. The van der Waals surface area contributed by atoms with E-state index in [9.17, 15) is 4.79 Å². The first-order valence-corrected chi connectivity index (χ1v) is 4.64. The molecule has 2 rings (SSSR count). The van der Waals surface area contributed by atoms with Crippen LogP contribution in [0.1, 0.15) is 10.4 Å². The van der Waals surface area contributed by atoms with Gasteiger partial charge in [0.05, 0.1) is 16.9 Å². The molecule has 0 atom stereocenters. The van der Waals surface area contributed by atoms with E-state index in [0.29, 0.717) is 11.1 Å². The lowest BCUT2D eigenvalue weighted by molar-refractivity contribution is 0.102. The minimum atomic E-state index is -0.0979. The molecule has 0 aliphatic heterocycles. The maximum absolute atomic E-state index is 11.3. The Hall–Kier alpha value is -1.48. The molecule has 3 nitrogen and oxygen atoms in total. The Labute approximate surface area is 85.7 Å². The zero-order chi connectivity index (χ0) is 9.97. The van der Waals surface area contributed by atoms with Crippen molar-refractivity contribution in [3.8, 4) is 0 Å². The highest BCUT2D eigenvalue weighted by Crippen LogP contribution is 2.11. The first-order chi connectivity index (χ1) is 6.81. The van der Waals surface area contributed by atoms with Gasteiger partial charge >= 0.3 is 0 Å². The summed E-state index contributed by atoms with van der Waals surface area (Å²) in [6.45, 7) is 0. The Balaban J connectivity index is 2.56. The zero-order valence-electron chi connectivity index (χ0n) is 7.27. The number of fused-ring (bicyclic) bond motifs is 1. The van der Waals surface area contributed by atoms with Crippen molar-refractivity contribution in [2.45, 2.75) is 0 Å². The first kappa shape index (κ1) is 9.09. The minimum absolute atomic E-state index is 0.00817. The summed E-state index contributed by atoms with van der Waals surface area (Å²) < 4.78 is 0. The average molecular weight is 207 g/mol. The molecular formula is C10H7ClN2O. The fourth-order valence-electron chi connectivity index (χ4n) is 1.21. The molecule has 1 heterocycles. The fraction of sp³-hybridized carbons (Fsp3) is 0.100. The van der Waals surface area contributed by atoms with E-state index in [1.54, 1.807) is 30.6 Å². The Morgan fingerprint density at radius 2 is 1.93 bits per heavy atom. The van der Waals surface area contributed by atoms with E-state index < -0.39 is 0 Å². The van der Waals surface area contributed by atoms with Crippen molar-refractivity contribution in [2.75, 3.05) is 5.88 Å². The number of alkyl halides is 1. The minimum Gasteiger partial charge on any atom is -0.293 e. The molecule has 0 unspecified atom stereocenters. The number of Topliss-reactive ketones (excluding diaryl/α,β-unsaturated/α-hetero) is 1. The molecule has 4 heteroatoms. The molecule has 0 aliphatic rings. The molecule has 0 fully saturated rings. The molecule has 0 amide bonds. The molecule has 70 valence electrons. The van der Waals surface area contributed by atoms with Gasteiger partial charge < -0.3 is 0 Å². The molecular weight excluding hydrogens is 200 g/mol. The first-order valence-electron chi connectivity index (χ1n) is 4.11. The van der Waals surface area contributed by atoms with Gasteiger partial charge in [-0.15, -0.1) is 11.6 Å². The molecule has 0 radical (unpaired) electrons. The lowest BCUT2D eigenvalue weighted by Gasteiger charge is -1.98. The molecule has 0 saturated heterocycles. The molecule has 0 aliphatic carbocycles. The van der Waals surface area contributed by atoms with E-state index in [-0.39, 0.29) is 11.7 Å². The summed E-state index contributed by atoms with van der Waals surface area (Å²) in [5.74, 6) is -0.106. The second kappa shape index (κ2) is 3.72. The summed E-state index contributed by atoms with van der Waals surface area (Å²) in [5, 5.41) is 0. The molecule has 0 bridgehead atoms. The van der Waals surface area contributed by atoms with E-state index in [0.717, 1.165) is 5.52 Å². The molecule has 0 spiro atoms. The molecule has 0 saturated carbocycles. The molecule has 0 N–H and O–H groups in total. The van der Waals surface area contributed by atoms with Gasteiger partial charge in [-0.05, 0) is 18.2 Å². The van der Waals surface area contributed by atoms with Crippen molar-refractivity contribution in [1.82, 2.24) is 9.97 Å². The predicted octanol–water partition coefficient (Wildman–Crippen LogP) is 2.05. The van der Waals surface area contributed by atoms with Crippen molar-refractivity contribution in [1.29, 1.82) is 0 Å². The number of benzene rings is 1. The number of rotatable bonds is 2. The third-order valence-electron chi connectivity index (χ3n) is 1.91. The van der Waals surface area contributed by atoms with E-state index in [1.165, 1.54) is 0 Å². The maximum Gasteiger partial charge on any atom is 0.177 e. The van der Waals surface area contributed by atoms with Crippen LogP contribution in [0.25, 0.3) is 11.0 Å². The number of carbonyl (C=O) groups excluding carboxylic acids is 1. The van der Waals surface area contributed by atoms with E-state index in [2.05, 4.69) is 9.97 Å². The van der Waals surface area contributed by atoms with Gasteiger partial charge in [-0.2, -0.15) is 0 Å². The highest BCUT2D eigenvalue weighted by atomic mass is 35.5. The number of nitrogens with zero attached hydrogens (tertiary/aromatic N) is 2. The van der Waals surface area contributed by atoms with Crippen LogP contribution in [-0.4, -0.2) is 21.6 Å². The highest BCUT2D eigenvalue weighted by molar-refractivity contribution is 6.30. The number of ketones is 1. The van der Waals surface area contributed by atoms with Gasteiger partial charge in [-0.3, -0.25) is 14.8 Å². The second-order valence-electron chi connectivity index (χ2n) is 2.82. The summed E-state index contributed by atoms with van der Waals surface area (Å²) in [6, 6.07) is 5.18. The van der Waals surface area contributed by atoms with E-state index in [1.807, 2.05) is 0 Å². The third kappa shape index (κ3) is 1.59. The third-order valence-corrected chi connectivity index (χ3v) is 2.16. The maximum atomic E-state index is 11.3. The Morgan fingerprint density at radius 3 is 2.64 bits per heavy atom. The van der Waals surface area contributed by atoms with Crippen LogP contribution in [0.15, 0.2) is 30.6 Å². The van der Waals surface area contributed by atoms with Crippen molar-refractivity contribution < 1.29 is 4.79 Å². The Morgan fingerprint density at radius 1 is 1.21 bits per heavy atom. The van der Waals surface area contributed by atoms with Crippen LogP contribution >= 0.6 is 11.6 Å².